The molecule has 1 aliphatic rings. The van der Waals surface area contributed by atoms with Gasteiger partial charge in [0, 0.05) is 28.9 Å². The van der Waals surface area contributed by atoms with Crippen molar-refractivity contribution in [2.75, 3.05) is 0 Å². The number of fused-ring (bicyclic) bond motifs is 1. The predicted octanol–water partition coefficient (Wildman–Crippen LogP) is 3.16. The Bertz CT molecular complexity index is 622. The first-order chi connectivity index (χ1) is 8.28. The first-order valence-electron chi connectivity index (χ1n) is 5.46. The maximum Gasteiger partial charge on any atom is 0.139 e. The van der Waals surface area contributed by atoms with Gasteiger partial charge in [0.15, 0.2) is 0 Å². The highest BCUT2D eigenvalue weighted by Crippen LogP contribution is 2.41. The molecule has 0 aliphatic heterocycles. The second kappa shape index (κ2) is 3.75. The van der Waals surface area contributed by atoms with Gasteiger partial charge in [0.05, 0.1) is 12.2 Å². The molecule has 1 fully saturated rings. The third-order valence-corrected chi connectivity index (χ3v) is 2.93. The Morgan fingerprint density at radius 2 is 2.35 bits per heavy atom. The Balaban J connectivity index is 2.05. The van der Waals surface area contributed by atoms with E-state index in [1.54, 1.807) is 16.8 Å². The summed E-state index contributed by atoms with van der Waals surface area (Å²) >= 11 is 0. The second-order valence-electron chi connectivity index (χ2n) is 4.24. The summed E-state index contributed by atoms with van der Waals surface area (Å²) in [5.74, 6) is 0.170. The van der Waals surface area contributed by atoms with Crippen LogP contribution in [0.15, 0.2) is 23.6 Å². The largest absolute Gasteiger partial charge is 0.306 e. The van der Waals surface area contributed by atoms with Crippen LogP contribution in [0.5, 0.6) is 0 Å². The van der Waals surface area contributed by atoms with Crippen LogP contribution in [-0.4, -0.2) is 9.38 Å². The highest BCUT2D eigenvalue weighted by molar-refractivity contribution is 5.43. The lowest BCUT2D eigenvalue weighted by Crippen LogP contribution is -1.92. The summed E-state index contributed by atoms with van der Waals surface area (Å²) in [5.41, 5.74) is 10.2. The van der Waals surface area contributed by atoms with Gasteiger partial charge in [0.1, 0.15) is 11.5 Å². The molecule has 6 heteroatoms. The topological polar surface area (TPSA) is 66.1 Å². The molecule has 0 atom stereocenters. The molecule has 1 saturated carbocycles. The molecule has 17 heavy (non-hydrogen) atoms. The summed E-state index contributed by atoms with van der Waals surface area (Å²) in [4.78, 5) is 6.87. The Morgan fingerprint density at radius 1 is 1.53 bits per heavy atom. The summed E-state index contributed by atoms with van der Waals surface area (Å²) in [6, 6.07) is 1.44. The van der Waals surface area contributed by atoms with Gasteiger partial charge in [-0.05, 0) is 24.3 Å². The van der Waals surface area contributed by atoms with E-state index < -0.39 is 0 Å². The first-order valence-corrected chi connectivity index (χ1v) is 5.46. The molecule has 0 radical (unpaired) electrons. The van der Waals surface area contributed by atoms with Gasteiger partial charge in [-0.15, -0.1) is 0 Å². The fourth-order valence-corrected chi connectivity index (χ4v) is 1.95. The SMILES string of the molecule is [N-]=[N+]=NCc1cn2cc(C3CC3)c(F)cc2n1. The van der Waals surface area contributed by atoms with Gasteiger partial charge in [0.25, 0.3) is 0 Å². The zero-order valence-electron chi connectivity index (χ0n) is 9.04. The van der Waals surface area contributed by atoms with Crippen molar-refractivity contribution in [2.45, 2.75) is 25.3 Å². The quantitative estimate of drug-likeness (QED) is 0.454. The van der Waals surface area contributed by atoms with Crippen molar-refractivity contribution in [1.82, 2.24) is 9.38 Å². The minimum Gasteiger partial charge on any atom is -0.306 e. The van der Waals surface area contributed by atoms with E-state index in [0.717, 1.165) is 18.4 Å². The van der Waals surface area contributed by atoms with Crippen LogP contribution in [0.2, 0.25) is 0 Å². The number of hydrogen-bond donors (Lipinski definition) is 0. The van der Waals surface area contributed by atoms with Crippen LogP contribution >= 0.6 is 0 Å². The maximum atomic E-state index is 13.7. The van der Waals surface area contributed by atoms with E-state index in [9.17, 15) is 4.39 Å². The number of rotatable bonds is 3. The number of azide groups is 1. The molecule has 2 aromatic rings. The first kappa shape index (κ1) is 10.1. The van der Waals surface area contributed by atoms with E-state index in [2.05, 4.69) is 15.0 Å². The van der Waals surface area contributed by atoms with Crippen molar-refractivity contribution in [3.05, 3.63) is 46.0 Å². The number of hydrogen-bond acceptors (Lipinski definition) is 2. The van der Waals surface area contributed by atoms with E-state index >= 15 is 0 Å². The van der Waals surface area contributed by atoms with Crippen LogP contribution in [0.3, 0.4) is 0 Å². The lowest BCUT2D eigenvalue weighted by Gasteiger charge is -2.01. The zero-order valence-corrected chi connectivity index (χ0v) is 9.04. The fourth-order valence-electron chi connectivity index (χ4n) is 1.95. The molecule has 0 saturated heterocycles. The van der Waals surface area contributed by atoms with Crippen LogP contribution < -0.4 is 0 Å². The third-order valence-electron chi connectivity index (χ3n) is 2.93. The van der Waals surface area contributed by atoms with Crippen LogP contribution in [0.4, 0.5) is 4.39 Å². The molecule has 0 bridgehead atoms. The van der Waals surface area contributed by atoms with Crippen molar-refractivity contribution < 1.29 is 4.39 Å². The normalized spacial score (nSPS) is 14.9. The van der Waals surface area contributed by atoms with Gasteiger partial charge < -0.3 is 4.40 Å². The number of aromatic nitrogens is 2. The van der Waals surface area contributed by atoms with E-state index in [1.807, 2.05) is 0 Å². The van der Waals surface area contributed by atoms with Crippen LogP contribution in [0.1, 0.15) is 30.0 Å². The molecule has 5 nitrogen and oxygen atoms in total. The molecule has 0 N–H and O–H groups in total. The lowest BCUT2D eigenvalue weighted by atomic mass is 10.2. The number of nitrogens with zero attached hydrogens (tertiary/aromatic N) is 5. The van der Waals surface area contributed by atoms with E-state index in [1.165, 1.54) is 6.07 Å². The van der Waals surface area contributed by atoms with Crippen LogP contribution in [0, 0.1) is 5.82 Å². The van der Waals surface area contributed by atoms with E-state index in [0.29, 0.717) is 17.3 Å². The molecule has 3 rings (SSSR count). The molecule has 1 aliphatic carbocycles. The summed E-state index contributed by atoms with van der Waals surface area (Å²) in [6.07, 6.45) is 5.68. The molecule has 2 aromatic heterocycles. The summed E-state index contributed by atoms with van der Waals surface area (Å²) in [6.45, 7) is 0.193. The molecule has 86 valence electrons. The minimum absolute atomic E-state index is 0.193. The molecule has 2 heterocycles. The Kier molecular flexibility index (Phi) is 2.23. The van der Waals surface area contributed by atoms with Gasteiger partial charge in [0.2, 0.25) is 0 Å². The van der Waals surface area contributed by atoms with Crippen molar-refractivity contribution in [2.24, 2.45) is 5.11 Å². The molecule has 0 unspecified atom stereocenters. The standard InChI is InChI=1S/C11H10FN5/c12-10-3-11-15-8(4-14-16-13)5-17(11)6-9(10)7-1-2-7/h3,5-7H,1-2,4H2. The van der Waals surface area contributed by atoms with E-state index in [4.69, 9.17) is 5.53 Å². The minimum atomic E-state index is -0.194. The Hall–Kier alpha value is -2.07. The Labute approximate surface area is 96.5 Å². The van der Waals surface area contributed by atoms with Gasteiger partial charge in [-0.1, -0.05) is 5.11 Å². The molecular formula is C11H10FN5. The van der Waals surface area contributed by atoms with Gasteiger partial charge >= 0.3 is 0 Å². The van der Waals surface area contributed by atoms with E-state index in [-0.39, 0.29) is 12.4 Å². The van der Waals surface area contributed by atoms with Gasteiger partial charge in [-0.3, -0.25) is 0 Å². The predicted molar refractivity (Wildman–Crippen MR) is 60.0 cm³/mol. The number of pyridine rings is 1. The molecular weight excluding hydrogens is 221 g/mol. The van der Waals surface area contributed by atoms with Crippen molar-refractivity contribution >= 4 is 5.65 Å². The summed E-state index contributed by atoms with van der Waals surface area (Å²) in [7, 11) is 0. The third kappa shape index (κ3) is 1.83. The van der Waals surface area contributed by atoms with Gasteiger partial charge in [-0.25, -0.2) is 9.37 Å². The Morgan fingerprint density at radius 3 is 3.06 bits per heavy atom. The monoisotopic (exact) mass is 231 g/mol. The maximum absolute atomic E-state index is 13.7. The average molecular weight is 231 g/mol. The average Bonchev–Trinajstić information content (AvgIpc) is 3.07. The number of imidazole rings is 1. The second-order valence-corrected chi connectivity index (χ2v) is 4.24. The molecule has 0 spiro atoms. The fraction of sp³-hybridized carbons (Fsp3) is 0.364. The smallest absolute Gasteiger partial charge is 0.139 e. The van der Waals surface area contributed by atoms with Crippen LogP contribution in [0.25, 0.3) is 16.1 Å². The zero-order chi connectivity index (χ0) is 11.8. The lowest BCUT2D eigenvalue weighted by molar-refractivity contribution is 0.608. The summed E-state index contributed by atoms with van der Waals surface area (Å²) < 4.78 is 15.5. The van der Waals surface area contributed by atoms with Crippen molar-refractivity contribution in [1.29, 1.82) is 0 Å². The summed E-state index contributed by atoms with van der Waals surface area (Å²) in [5, 5.41) is 3.44. The van der Waals surface area contributed by atoms with Gasteiger partial charge in [-0.2, -0.15) is 0 Å². The number of halogens is 1. The highest BCUT2D eigenvalue weighted by atomic mass is 19.1. The van der Waals surface area contributed by atoms with Crippen molar-refractivity contribution in [3.8, 4) is 0 Å². The van der Waals surface area contributed by atoms with Crippen LogP contribution in [-0.2, 0) is 6.54 Å². The van der Waals surface area contributed by atoms with Crippen molar-refractivity contribution in [3.63, 3.8) is 0 Å². The molecule has 0 aromatic carbocycles. The molecule has 0 amide bonds. The highest BCUT2D eigenvalue weighted by Gasteiger charge is 2.27.